The summed E-state index contributed by atoms with van der Waals surface area (Å²) in [4.78, 5) is 73.0. The van der Waals surface area contributed by atoms with Gasteiger partial charge in [0.2, 0.25) is 0 Å². The number of phosphoric acid groups is 2. The zero-order chi connectivity index (χ0) is 73.2. The average molecular weight is 1450 g/mol. The van der Waals surface area contributed by atoms with E-state index < -0.39 is 97.5 Å². The molecular formula is C81H144O17P2. The molecule has 0 saturated carbocycles. The van der Waals surface area contributed by atoms with Crippen LogP contribution in [0, 0.1) is 0 Å². The lowest BCUT2D eigenvalue weighted by Gasteiger charge is -2.21. The molecule has 17 nitrogen and oxygen atoms in total. The number of unbranched alkanes of at least 4 members (excludes halogenated alkanes) is 35. The van der Waals surface area contributed by atoms with Crippen molar-refractivity contribution < 1.29 is 80.2 Å². The average Bonchev–Trinajstić information content (AvgIpc) is 0.988. The summed E-state index contributed by atoms with van der Waals surface area (Å²) in [6.45, 7) is 4.65. The Labute approximate surface area is 608 Å². The normalized spacial score (nSPS) is 14.3. The fourth-order valence-electron chi connectivity index (χ4n) is 10.9. The number of rotatable bonds is 75. The van der Waals surface area contributed by atoms with Gasteiger partial charge in [-0.3, -0.25) is 37.3 Å². The van der Waals surface area contributed by atoms with Crippen molar-refractivity contribution >= 4 is 39.5 Å². The van der Waals surface area contributed by atoms with Crippen LogP contribution >= 0.6 is 15.6 Å². The van der Waals surface area contributed by atoms with Crippen molar-refractivity contribution in [2.24, 2.45) is 0 Å². The maximum atomic E-state index is 13.1. The highest BCUT2D eigenvalue weighted by Gasteiger charge is 2.30. The third kappa shape index (κ3) is 72.6. The quantitative estimate of drug-likeness (QED) is 0.0169. The van der Waals surface area contributed by atoms with E-state index in [9.17, 15) is 43.2 Å². The highest BCUT2D eigenvalue weighted by Crippen LogP contribution is 2.45. The van der Waals surface area contributed by atoms with Gasteiger partial charge in [-0.15, -0.1) is 0 Å². The van der Waals surface area contributed by atoms with Crippen molar-refractivity contribution in [3.63, 3.8) is 0 Å². The molecule has 19 heteroatoms. The number of esters is 4. The van der Waals surface area contributed by atoms with Gasteiger partial charge in [0.25, 0.3) is 0 Å². The van der Waals surface area contributed by atoms with E-state index in [1.807, 2.05) is 0 Å². The molecule has 0 aliphatic heterocycles. The summed E-state index contributed by atoms with van der Waals surface area (Å²) in [6.07, 6.45) is 75.6. The number of phosphoric ester groups is 2. The smallest absolute Gasteiger partial charge is 0.462 e. The van der Waals surface area contributed by atoms with Crippen molar-refractivity contribution in [3.05, 3.63) is 85.1 Å². The number of hydrogen-bond acceptors (Lipinski definition) is 15. The number of carbonyl (C=O) groups excluding carboxylic acids is 4. The van der Waals surface area contributed by atoms with Gasteiger partial charge < -0.3 is 33.8 Å². The topological polar surface area (TPSA) is 237 Å². The van der Waals surface area contributed by atoms with Gasteiger partial charge in [-0.05, 0) is 96.3 Å². The standard InChI is InChI=1S/C81H144O17P2/c1-5-9-13-17-21-25-29-33-36-37-40-43-46-50-54-58-62-66-79(84)92-71-76(97-80(85)67-63-59-55-51-47-41-32-28-24-20-16-12-8-4)73-95-99(87,88)93-69-75(82)70-94-100(89,90)96-74-77(98-81(86)68-64-60-56-52-48-44-39-35-31-27-23-19-15-11-7-3)72-91-78(83)65-61-57-53-49-45-42-38-34-30-26-22-18-14-10-6-2/h9-10,13-14,21-22,25-26,33-34,36,38,45,49,75-77,82H,5-8,11-12,15-20,23-24,27-32,35,37,39-44,46-48,50-74H2,1-4H3,(H,87,88)(H,89,90)/b13-9-,14-10-,25-21-,26-22-,36-33-,38-34-,49-45-. The van der Waals surface area contributed by atoms with Crippen LogP contribution < -0.4 is 0 Å². The van der Waals surface area contributed by atoms with Crippen LogP contribution in [0.2, 0.25) is 0 Å². The predicted molar refractivity (Wildman–Crippen MR) is 409 cm³/mol. The molecule has 0 spiro atoms. The summed E-state index contributed by atoms with van der Waals surface area (Å²) in [5, 5.41) is 10.6. The molecular weight excluding hydrogens is 1310 g/mol. The monoisotopic (exact) mass is 1450 g/mol. The number of hydrogen-bond donors (Lipinski definition) is 3. The fraction of sp³-hybridized carbons (Fsp3) is 0.778. The summed E-state index contributed by atoms with van der Waals surface area (Å²) in [5.74, 6) is -2.20. The Bertz CT molecular complexity index is 2230. The van der Waals surface area contributed by atoms with Crippen molar-refractivity contribution in [3.8, 4) is 0 Å². The van der Waals surface area contributed by atoms with E-state index in [0.717, 1.165) is 154 Å². The van der Waals surface area contributed by atoms with Gasteiger partial charge in [0.1, 0.15) is 19.3 Å². The summed E-state index contributed by atoms with van der Waals surface area (Å²) in [7, 11) is -9.95. The molecule has 5 unspecified atom stereocenters. The zero-order valence-corrected chi connectivity index (χ0v) is 65.2. The zero-order valence-electron chi connectivity index (χ0n) is 63.4. The predicted octanol–water partition coefficient (Wildman–Crippen LogP) is 23.0. The van der Waals surface area contributed by atoms with Gasteiger partial charge in [-0.25, -0.2) is 9.13 Å². The van der Waals surface area contributed by atoms with Crippen LogP contribution in [0.15, 0.2) is 85.1 Å². The molecule has 0 fully saturated rings. The van der Waals surface area contributed by atoms with Crippen LogP contribution in [-0.4, -0.2) is 96.7 Å². The van der Waals surface area contributed by atoms with Crippen LogP contribution in [0.4, 0.5) is 0 Å². The summed E-state index contributed by atoms with van der Waals surface area (Å²) in [5.41, 5.74) is 0. The molecule has 0 aliphatic rings. The van der Waals surface area contributed by atoms with Crippen LogP contribution in [0.25, 0.3) is 0 Å². The number of aliphatic hydroxyl groups excluding tert-OH is 1. The van der Waals surface area contributed by atoms with E-state index in [-0.39, 0.29) is 25.7 Å². The molecule has 0 aliphatic carbocycles. The minimum Gasteiger partial charge on any atom is -0.462 e. The maximum Gasteiger partial charge on any atom is 0.472 e. The Hall–Kier alpha value is -3.76. The van der Waals surface area contributed by atoms with Crippen LogP contribution in [0.5, 0.6) is 0 Å². The molecule has 0 heterocycles. The fourth-order valence-corrected chi connectivity index (χ4v) is 12.5. The lowest BCUT2D eigenvalue weighted by molar-refractivity contribution is -0.161. The Morgan fingerprint density at radius 3 is 0.820 bits per heavy atom. The Balaban J connectivity index is 5.35. The van der Waals surface area contributed by atoms with Crippen molar-refractivity contribution in [1.29, 1.82) is 0 Å². The molecule has 0 aromatic carbocycles. The first-order chi connectivity index (χ1) is 48.7. The van der Waals surface area contributed by atoms with Gasteiger partial charge in [-0.1, -0.05) is 312 Å². The number of carbonyl (C=O) groups is 4. The molecule has 0 radical (unpaired) electrons. The number of ether oxygens (including phenoxy) is 4. The minimum atomic E-state index is -4.98. The molecule has 3 N–H and O–H groups in total. The van der Waals surface area contributed by atoms with Crippen molar-refractivity contribution in [2.45, 2.75) is 367 Å². The van der Waals surface area contributed by atoms with Gasteiger partial charge in [0, 0.05) is 25.7 Å². The largest absolute Gasteiger partial charge is 0.472 e. The van der Waals surface area contributed by atoms with Gasteiger partial charge in [0.05, 0.1) is 26.4 Å². The molecule has 0 rings (SSSR count). The van der Waals surface area contributed by atoms with Gasteiger partial charge >= 0.3 is 39.5 Å². The molecule has 0 aromatic rings. The van der Waals surface area contributed by atoms with E-state index in [1.165, 1.54) is 116 Å². The Morgan fingerprint density at radius 1 is 0.290 bits per heavy atom. The first-order valence-electron chi connectivity index (χ1n) is 39.8. The molecule has 0 saturated heterocycles. The molecule has 0 aromatic heterocycles. The third-order valence-corrected chi connectivity index (χ3v) is 18.8. The highest BCUT2D eigenvalue weighted by atomic mass is 31.2. The Kier molecular flexibility index (Phi) is 70.8. The van der Waals surface area contributed by atoms with E-state index >= 15 is 0 Å². The maximum absolute atomic E-state index is 13.1. The third-order valence-electron chi connectivity index (χ3n) is 16.9. The molecule has 5 atom stereocenters. The molecule has 100 heavy (non-hydrogen) atoms. The number of allylic oxidation sites excluding steroid dienone is 14. The second kappa shape index (κ2) is 73.5. The molecule has 0 amide bonds. The first kappa shape index (κ1) is 96.2. The second-order valence-corrected chi connectivity index (χ2v) is 29.5. The van der Waals surface area contributed by atoms with Crippen LogP contribution in [-0.2, 0) is 65.4 Å². The van der Waals surface area contributed by atoms with Crippen LogP contribution in [0.3, 0.4) is 0 Å². The minimum absolute atomic E-state index is 0.0907. The van der Waals surface area contributed by atoms with E-state index in [4.69, 9.17) is 37.0 Å². The number of aliphatic hydroxyl groups is 1. The lowest BCUT2D eigenvalue weighted by atomic mass is 10.0. The van der Waals surface area contributed by atoms with E-state index in [2.05, 4.69) is 113 Å². The van der Waals surface area contributed by atoms with Crippen molar-refractivity contribution in [2.75, 3.05) is 39.6 Å². The highest BCUT2D eigenvalue weighted by molar-refractivity contribution is 7.47. The Morgan fingerprint density at radius 2 is 0.520 bits per heavy atom. The van der Waals surface area contributed by atoms with E-state index in [0.29, 0.717) is 25.7 Å². The summed E-state index contributed by atoms with van der Waals surface area (Å²) in [6, 6.07) is 0. The van der Waals surface area contributed by atoms with Crippen LogP contribution in [0.1, 0.15) is 349 Å². The summed E-state index contributed by atoms with van der Waals surface area (Å²) >= 11 is 0. The summed E-state index contributed by atoms with van der Waals surface area (Å²) < 4.78 is 68.6. The lowest BCUT2D eigenvalue weighted by Crippen LogP contribution is -2.30. The second-order valence-electron chi connectivity index (χ2n) is 26.6. The molecule has 0 bridgehead atoms. The van der Waals surface area contributed by atoms with Gasteiger partial charge in [-0.2, -0.15) is 0 Å². The van der Waals surface area contributed by atoms with E-state index in [1.54, 1.807) is 0 Å². The molecule has 580 valence electrons. The SMILES string of the molecule is CC/C=C\C/C=C\C/C=C\C/C=C\CCCCC(=O)OCC(COP(=O)(O)OCC(O)COP(=O)(O)OCC(COC(=O)CCCCCCCCC/C=C\C/C=C\C/C=C\CC)OC(=O)CCCCCCCCCCCCCCC)OC(=O)CCCCCCCCCCCCCCCCC. The van der Waals surface area contributed by atoms with Gasteiger partial charge in [0.15, 0.2) is 12.2 Å². The van der Waals surface area contributed by atoms with Crippen molar-refractivity contribution in [1.82, 2.24) is 0 Å². The first-order valence-corrected chi connectivity index (χ1v) is 42.8.